The smallest absolute Gasteiger partial charge is 0.359 e. The van der Waals surface area contributed by atoms with Crippen molar-refractivity contribution in [2.45, 2.75) is 33.2 Å². The van der Waals surface area contributed by atoms with E-state index in [1.165, 1.54) is 16.8 Å². The van der Waals surface area contributed by atoms with Gasteiger partial charge in [-0.25, -0.2) is 14.5 Å². The molecule has 9 heteroatoms. The Labute approximate surface area is 183 Å². The van der Waals surface area contributed by atoms with E-state index < -0.39 is 5.97 Å². The van der Waals surface area contributed by atoms with Crippen molar-refractivity contribution >= 4 is 28.9 Å². The third kappa shape index (κ3) is 4.41. The van der Waals surface area contributed by atoms with Crippen molar-refractivity contribution in [2.75, 3.05) is 18.1 Å². The fourth-order valence-corrected chi connectivity index (χ4v) is 4.15. The number of carbonyl (C=O) groups excluding carboxylic acids is 2. The summed E-state index contributed by atoms with van der Waals surface area (Å²) in [5, 5.41) is 7.04. The zero-order valence-corrected chi connectivity index (χ0v) is 18.1. The van der Waals surface area contributed by atoms with Crippen LogP contribution in [0, 0.1) is 6.92 Å². The molecule has 0 spiro atoms. The number of nitrogens with zero attached hydrogens (tertiary/aromatic N) is 4. The number of thiazole rings is 1. The van der Waals surface area contributed by atoms with Gasteiger partial charge in [-0.15, -0.1) is 11.3 Å². The topological polar surface area (TPSA) is 94.4 Å². The summed E-state index contributed by atoms with van der Waals surface area (Å²) in [7, 11) is 0. The van der Waals surface area contributed by atoms with Gasteiger partial charge in [-0.05, 0) is 43.5 Å². The maximum atomic E-state index is 12.7. The second kappa shape index (κ2) is 8.81. The summed E-state index contributed by atoms with van der Waals surface area (Å²) < 4.78 is 6.39. The minimum Gasteiger partial charge on any atom is -0.451 e. The zero-order chi connectivity index (χ0) is 22.0. The maximum Gasteiger partial charge on any atom is 0.359 e. The number of hydrogen-bond donors (Lipinski definition) is 0. The van der Waals surface area contributed by atoms with Crippen molar-refractivity contribution < 1.29 is 14.3 Å². The average molecular weight is 439 g/mol. The maximum absolute atomic E-state index is 12.7. The van der Waals surface area contributed by atoms with Crippen LogP contribution in [0.5, 0.6) is 0 Å². The van der Waals surface area contributed by atoms with E-state index in [9.17, 15) is 14.4 Å². The Morgan fingerprint density at radius 2 is 2.06 bits per heavy atom. The molecular formula is C22H22N4O4S. The van der Waals surface area contributed by atoms with Gasteiger partial charge in [0.15, 0.2) is 12.3 Å². The number of aromatic nitrogens is 3. The Morgan fingerprint density at radius 1 is 1.23 bits per heavy atom. The number of anilines is 1. The molecule has 0 saturated carbocycles. The number of fused-ring (bicyclic) bond motifs is 1. The molecule has 3 aromatic rings. The summed E-state index contributed by atoms with van der Waals surface area (Å²) in [6, 6.07) is 8.51. The van der Waals surface area contributed by atoms with Crippen LogP contribution in [0.15, 0.2) is 40.5 Å². The number of esters is 1. The Kier molecular flexibility index (Phi) is 5.94. The summed E-state index contributed by atoms with van der Waals surface area (Å²) in [5.41, 5.74) is 3.57. The summed E-state index contributed by atoms with van der Waals surface area (Å²) in [4.78, 5) is 42.9. The summed E-state index contributed by atoms with van der Waals surface area (Å²) in [6.45, 7) is 4.43. The third-order valence-electron chi connectivity index (χ3n) is 5.03. The van der Waals surface area contributed by atoms with Gasteiger partial charge in [0.1, 0.15) is 0 Å². The van der Waals surface area contributed by atoms with Crippen molar-refractivity contribution in [1.82, 2.24) is 14.8 Å². The van der Waals surface area contributed by atoms with E-state index in [-0.39, 0.29) is 23.8 Å². The van der Waals surface area contributed by atoms with Gasteiger partial charge in [0.2, 0.25) is 0 Å². The van der Waals surface area contributed by atoms with E-state index in [1.54, 1.807) is 16.2 Å². The predicted octanol–water partition coefficient (Wildman–Crippen LogP) is 2.83. The highest BCUT2D eigenvalue weighted by Crippen LogP contribution is 2.32. The second-order valence-corrected chi connectivity index (χ2v) is 8.31. The molecule has 2 aromatic heterocycles. The summed E-state index contributed by atoms with van der Waals surface area (Å²) in [5.74, 6) is -1.03. The van der Waals surface area contributed by atoms with E-state index in [4.69, 9.17) is 4.74 Å². The fraction of sp³-hybridized carbons (Fsp3) is 0.318. The Bertz CT molecular complexity index is 1200. The molecule has 0 unspecified atom stereocenters. The van der Waals surface area contributed by atoms with Gasteiger partial charge in [0.25, 0.3) is 11.5 Å². The van der Waals surface area contributed by atoms with E-state index in [1.807, 2.05) is 31.4 Å². The van der Waals surface area contributed by atoms with Gasteiger partial charge in [-0.1, -0.05) is 13.0 Å². The Morgan fingerprint density at radius 3 is 2.81 bits per heavy atom. The molecule has 1 aliphatic heterocycles. The van der Waals surface area contributed by atoms with Crippen LogP contribution in [0.4, 0.5) is 5.69 Å². The average Bonchev–Trinajstić information content (AvgIpc) is 3.39. The van der Waals surface area contributed by atoms with E-state index >= 15 is 0 Å². The van der Waals surface area contributed by atoms with Gasteiger partial charge < -0.3 is 9.64 Å². The molecule has 160 valence electrons. The molecule has 0 N–H and O–H groups in total. The number of rotatable bonds is 6. The molecule has 4 rings (SSSR count). The first-order valence-corrected chi connectivity index (χ1v) is 11.0. The minimum absolute atomic E-state index is 0.00544. The van der Waals surface area contributed by atoms with Crippen molar-refractivity contribution in [1.29, 1.82) is 0 Å². The highest BCUT2D eigenvalue weighted by molar-refractivity contribution is 7.09. The lowest BCUT2D eigenvalue weighted by molar-refractivity contribution is -0.121. The molecule has 1 aliphatic rings. The van der Waals surface area contributed by atoms with Crippen LogP contribution in [0.1, 0.15) is 34.4 Å². The molecule has 31 heavy (non-hydrogen) atoms. The van der Waals surface area contributed by atoms with E-state index in [2.05, 4.69) is 16.1 Å². The Hall–Kier alpha value is -3.33. The van der Waals surface area contributed by atoms with Gasteiger partial charge >= 0.3 is 5.97 Å². The van der Waals surface area contributed by atoms with Crippen molar-refractivity contribution in [2.24, 2.45) is 0 Å². The van der Waals surface area contributed by atoms with Crippen LogP contribution >= 0.6 is 11.3 Å². The van der Waals surface area contributed by atoms with Crippen LogP contribution < -0.4 is 10.5 Å². The number of aryl methyl sites for hydroxylation is 2. The second-order valence-electron chi connectivity index (χ2n) is 7.25. The van der Waals surface area contributed by atoms with E-state index in [0.717, 1.165) is 33.9 Å². The van der Waals surface area contributed by atoms with Crippen LogP contribution in [-0.4, -0.2) is 39.8 Å². The minimum atomic E-state index is -0.730. The lowest BCUT2D eigenvalue weighted by Gasteiger charge is -2.17. The lowest BCUT2D eigenvalue weighted by Crippen LogP contribution is -2.33. The molecule has 1 amide bonds. The first kappa shape index (κ1) is 20.9. The van der Waals surface area contributed by atoms with Crippen LogP contribution in [-0.2, 0) is 22.5 Å². The van der Waals surface area contributed by atoms with Crippen molar-refractivity contribution in [3.05, 3.63) is 62.3 Å². The number of carbonyl (C=O) groups is 2. The molecule has 1 aromatic carbocycles. The van der Waals surface area contributed by atoms with Gasteiger partial charge in [-0.3, -0.25) is 9.59 Å². The standard InChI is InChI=1S/C22H22N4O4S/c1-3-9-26-20(27)7-5-17(24-26)22(29)30-12-21(28)25-10-8-16-11-15(4-6-19(16)25)18-13-31-14(2)23-18/h4-7,11,13H,3,8-10,12H2,1-2H3. The summed E-state index contributed by atoms with van der Waals surface area (Å²) >= 11 is 1.60. The number of ether oxygens (including phenoxy) is 1. The molecule has 0 bridgehead atoms. The molecule has 0 atom stereocenters. The number of amides is 1. The van der Waals surface area contributed by atoms with Crippen molar-refractivity contribution in [3.63, 3.8) is 0 Å². The highest BCUT2D eigenvalue weighted by atomic mass is 32.1. The first-order chi connectivity index (χ1) is 15.0. The quantitative estimate of drug-likeness (QED) is 0.550. The lowest BCUT2D eigenvalue weighted by atomic mass is 10.1. The van der Waals surface area contributed by atoms with E-state index in [0.29, 0.717) is 19.5 Å². The highest BCUT2D eigenvalue weighted by Gasteiger charge is 2.26. The van der Waals surface area contributed by atoms with Crippen molar-refractivity contribution in [3.8, 4) is 11.3 Å². The monoisotopic (exact) mass is 438 g/mol. The zero-order valence-electron chi connectivity index (χ0n) is 17.3. The molecule has 0 saturated heterocycles. The third-order valence-corrected chi connectivity index (χ3v) is 5.80. The number of hydrogen-bond acceptors (Lipinski definition) is 7. The molecule has 8 nitrogen and oxygen atoms in total. The largest absolute Gasteiger partial charge is 0.451 e. The van der Waals surface area contributed by atoms with Crippen LogP contribution in [0.2, 0.25) is 0 Å². The molecule has 0 fully saturated rings. The van der Waals surface area contributed by atoms with Gasteiger partial charge in [0.05, 0.1) is 10.7 Å². The predicted molar refractivity (Wildman–Crippen MR) is 117 cm³/mol. The fourth-order valence-electron chi connectivity index (χ4n) is 3.53. The number of benzene rings is 1. The molecular weight excluding hydrogens is 416 g/mol. The normalized spacial score (nSPS) is 12.6. The van der Waals surface area contributed by atoms with Gasteiger partial charge in [0, 0.05) is 35.8 Å². The summed E-state index contributed by atoms with van der Waals surface area (Å²) in [6.07, 6.45) is 1.44. The molecule has 0 aliphatic carbocycles. The first-order valence-electron chi connectivity index (χ1n) is 10.1. The van der Waals surface area contributed by atoms with Crippen LogP contribution in [0.3, 0.4) is 0 Å². The molecule has 0 radical (unpaired) electrons. The Balaban J connectivity index is 1.42. The SMILES string of the molecule is CCCn1nc(C(=O)OCC(=O)N2CCc3cc(-c4csc(C)n4)ccc32)ccc1=O. The molecule has 3 heterocycles. The van der Waals surface area contributed by atoms with Gasteiger partial charge in [-0.2, -0.15) is 5.10 Å². The van der Waals surface area contributed by atoms with Crippen LogP contribution in [0.25, 0.3) is 11.3 Å².